The van der Waals surface area contributed by atoms with E-state index in [-0.39, 0.29) is 240 Å². The van der Waals surface area contributed by atoms with Crippen LogP contribution in [0.3, 0.4) is 0 Å². The van der Waals surface area contributed by atoms with Crippen molar-refractivity contribution in [3.63, 3.8) is 0 Å². The molecule has 0 fully saturated rings. The molecule has 0 unspecified atom stereocenters. The van der Waals surface area contributed by atoms with Crippen molar-refractivity contribution in [1.29, 1.82) is 0 Å². The fourth-order valence-electron chi connectivity index (χ4n) is 15.9. The zero-order valence-electron chi connectivity index (χ0n) is 82.0. The summed E-state index contributed by atoms with van der Waals surface area (Å²) in [4.78, 5) is 223. The van der Waals surface area contributed by atoms with E-state index < -0.39 is 47.3 Å². The van der Waals surface area contributed by atoms with Gasteiger partial charge in [-0.3, -0.25) is 76.7 Å². The van der Waals surface area contributed by atoms with Crippen molar-refractivity contribution in [3.8, 4) is 0 Å². The molecule has 0 saturated heterocycles. The molecule has 0 bridgehead atoms. The Morgan fingerprint density at radius 2 is 0.752 bits per heavy atom. The first kappa shape index (κ1) is 108. The van der Waals surface area contributed by atoms with Gasteiger partial charge >= 0.3 is 5.97 Å². The smallest absolute Gasteiger partial charge is 0.303 e. The molecule has 10 heterocycles. The number of aryl methyl sites for hydroxylation is 12. The molecule has 756 valence electrons. The molecule has 0 aliphatic rings. The molecule has 9 N–H and O–H groups in total. The molecule has 0 aliphatic carbocycles. The summed E-state index contributed by atoms with van der Waals surface area (Å²) in [6.45, 7) is 2.08. The van der Waals surface area contributed by atoms with Crippen LogP contribution in [0.5, 0.6) is 0 Å². The van der Waals surface area contributed by atoms with E-state index in [2.05, 4.69) is 57.4 Å². The third-order valence-corrected chi connectivity index (χ3v) is 23.0. The quantitative estimate of drug-likeness (QED) is 0.0138. The van der Waals surface area contributed by atoms with E-state index >= 15 is 0 Å². The Hall–Kier alpha value is -14.7. The first-order chi connectivity index (χ1) is 67.3. The summed E-state index contributed by atoms with van der Waals surface area (Å²) in [6.07, 6.45) is 23.0. The second-order valence-electron chi connectivity index (χ2n) is 35.3. The maximum absolute atomic E-state index is 13.7. The van der Waals surface area contributed by atoms with Gasteiger partial charge in [-0.2, -0.15) is 0 Å². The number of ketones is 7. The number of rotatable bonds is 63. The van der Waals surface area contributed by atoms with Crippen LogP contribution in [0, 0.1) is 0 Å². The number of amides is 8. The van der Waals surface area contributed by atoms with Crippen LogP contribution in [-0.4, -0.2) is 257 Å². The van der Waals surface area contributed by atoms with Crippen LogP contribution in [0.2, 0.25) is 0 Å². The van der Waals surface area contributed by atoms with E-state index in [1.54, 1.807) is 87.6 Å². The van der Waals surface area contributed by atoms with Crippen molar-refractivity contribution >= 4 is 122 Å². The van der Waals surface area contributed by atoms with Gasteiger partial charge in [0, 0.05) is 236 Å². The van der Waals surface area contributed by atoms with Gasteiger partial charge in [0.15, 0.2) is 40.6 Å². The lowest BCUT2D eigenvalue weighted by Gasteiger charge is -2.08. The molecule has 10 rings (SSSR count). The summed E-state index contributed by atoms with van der Waals surface area (Å²) >= 11 is 0. The zero-order valence-corrected chi connectivity index (χ0v) is 82.0. The normalized spacial score (nSPS) is 11.3. The Kier molecular flexibility index (Phi) is 40.6. The molecule has 0 atom stereocenters. The number of carboxylic acid groups (broad SMARTS) is 1. The van der Waals surface area contributed by atoms with Gasteiger partial charge in [0.2, 0.25) is 23.5 Å². The van der Waals surface area contributed by atoms with E-state index in [0.717, 1.165) is 36.3 Å². The molecule has 43 nitrogen and oxygen atoms in total. The Morgan fingerprint density at radius 3 is 1.30 bits per heavy atom. The van der Waals surface area contributed by atoms with Crippen LogP contribution in [0.1, 0.15) is 225 Å². The number of carbonyl (C=O) groups is 16. The maximum atomic E-state index is 13.7. The minimum absolute atomic E-state index is 0.00168. The summed E-state index contributed by atoms with van der Waals surface area (Å²) in [5.41, 5.74) is 6.92. The number of anilines is 5. The van der Waals surface area contributed by atoms with Crippen molar-refractivity contribution in [3.05, 3.63) is 190 Å². The number of carbonyl (C=O) groups excluding carboxylic acids is 15. The Labute approximate surface area is 815 Å². The molecule has 10 aromatic heterocycles. The minimum atomic E-state index is -0.894. The lowest BCUT2D eigenvalue weighted by Crippen LogP contribution is -2.29. The third kappa shape index (κ3) is 33.8. The number of hydrogen-bond donors (Lipinski definition) is 9. The van der Waals surface area contributed by atoms with Gasteiger partial charge in [0.25, 0.3) is 35.4 Å². The Morgan fingerprint density at radius 1 is 0.312 bits per heavy atom. The molecule has 0 saturated carbocycles. The van der Waals surface area contributed by atoms with Crippen LogP contribution in [-0.2, 0) is 162 Å². The van der Waals surface area contributed by atoms with Crippen LogP contribution < -0.4 is 42.5 Å². The number of ether oxygens (including phenoxy) is 4. The van der Waals surface area contributed by atoms with Gasteiger partial charge in [0.05, 0.1) is 85.0 Å². The number of aromatic nitrogens is 13. The molecule has 8 amide bonds. The molecule has 43 heteroatoms. The predicted molar refractivity (Wildman–Crippen MR) is 520 cm³/mol. The van der Waals surface area contributed by atoms with Crippen molar-refractivity contribution in [2.75, 3.05) is 120 Å². The molecule has 0 radical (unpaired) electrons. The first-order valence-corrected chi connectivity index (χ1v) is 46.7. The highest BCUT2D eigenvalue weighted by molar-refractivity contribution is 6.08. The van der Waals surface area contributed by atoms with Crippen LogP contribution >= 0.6 is 0 Å². The third-order valence-electron chi connectivity index (χ3n) is 23.0. The molecular weight excluding hydrogens is 1820 g/mol. The van der Waals surface area contributed by atoms with Crippen LogP contribution in [0.4, 0.5) is 28.7 Å². The fraction of sp³-hybridized carbons (Fsp3) is 0.459. The fourth-order valence-corrected chi connectivity index (χ4v) is 15.9. The van der Waals surface area contributed by atoms with Gasteiger partial charge in [-0.1, -0.05) is 0 Å². The van der Waals surface area contributed by atoms with Crippen molar-refractivity contribution in [1.82, 2.24) is 81.5 Å². The van der Waals surface area contributed by atoms with Crippen molar-refractivity contribution < 1.29 is 101 Å². The summed E-state index contributed by atoms with van der Waals surface area (Å²) in [5.74, 6) is -4.89. The van der Waals surface area contributed by atoms with Gasteiger partial charge < -0.3 is 117 Å². The average molecular weight is 1950 g/mol. The monoisotopic (exact) mass is 1950 g/mol. The number of aliphatic carboxylic acids is 1. The number of nitrogens with zero attached hydrogens (tertiary/aromatic N) is 14. The number of hydrogen-bond acceptors (Lipinski definition) is 24. The standard InChI is InChI=1S/C98H128N22O21/c1-110(2)33-16-15-23-81(124)74-43-65(53-112(74)4)45-83(126)76-41-63(51-111(76)3)27-28-87-102-67(58-118(87)10)47-72(122)20-17-24-82(125)75-44-66(54-113(75)5)46-84(127)77-42-64(52-114(77)6)40-71(121)21-18-30-100-94(133)78-49-69(56-116(78)8)104-97(136)92-108-85(59-119(92)11)106-89(129)29-31-101-95(134)79-48-68(55-115(79)7)103-96(135)80-50-70(57-117(80)9)105-98(137)93-109-86(60-120(93)12)107-90(130)62-141-39-36-138-34-19-22-73(123)61-140-38-37-139-35-32-99-88(128)25-13-14-26-91(131)132/h41-44,48-60H,13-40,45-47,61-62H2,1-12H3,(H,99,128)(H,100,133)(H,101,134)(H,103,135)(H,104,136)(H,105,137)(H,106,129)(H,107,130)(H,131,132). The highest BCUT2D eigenvalue weighted by Crippen LogP contribution is 2.25. The van der Waals surface area contributed by atoms with Gasteiger partial charge in [0.1, 0.15) is 47.7 Å². The van der Waals surface area contributed by atoms with Crippen molar-refractivity contribution in [2.45, 2.75) is 135 Å². The van der Waals surface area contributed by atoms with E-state index in [1.165, 1.54) is 72.0 Å². The zero-order chi connectivity index (χ0) is 102. The lowest BCUT2D eigenvalue weighted by atomic mass is 10.0. The molecule has 141 heavy (non-hydrogen) atoms. The predicted octanol–water partition coefficient (Wildman–Crippen LogP) is 6.92. The molecule has 0 aromatic carbocycles. The van der Waals surface area contributed by atoms with Gasteiger partial charge in [-0.05, 0) is 137 Å². The number of unbranched alkanes of at least 4 members (excludes halogenated alkanes) is 2. The average Bonchev–Trinajstić information content (AvgIpc) is 1.69. The molecule has 0 aliphatic heterocycles. The van der Waals surface area contributed by atoms with E-state index in [9.17, 15) is 76.7 Å². The summed E-state index contributed by atoms with van der Waals surface area (Å²) in [6, 6.07) is 11.4. The number of imidazole rings is 3. The van der Waals surface area contributed by atoms with E-state index in [4.69, 9.17) is 29.0 Å². The molecule has 10 aromatic rings. The molecule has 0 spiro atoms. The highest BCUT2D eigenvalue weighted by atomic mass is 16.5. The lowest BCUT2D eigenvalue weighted by molar-refractivity contribution is -0.137. The second kappa shape index (κ2) is 52.9. The largest absolute Gasteiger partial charge is 0.481 e. The second-order valence-corrected chi connectivity index (χ2v) is 35.3. The topological polar surface area (TPSA) is 518 Å². The maximum Gasteiger partial charge on any atom is 0.303 e. The van der Waals surface area contributed by atoms with Crippen LogP contribution in [0.15, 0.2) is 104 Å². The van der Waals surface area contributed by atoms with Crippen LogP contribution in [0.25, 0.3) is 0 Å². The first-order valence-electron chi connectivity index (χ1n) is 46.7. The Balaban J connectivity index is 0.557. The van der Waals surface area contributed by atoms with Crippen molar-refractivity contribution in [2.24, 2.45) is 70.5 Å². The van der Waals surface area contributed by atoms with Gasteiger partial charge in [-0.15, -0.1) is 0 Å². The Bertz CT molecular complexity index is 6160. The van der Waals surface area contributed by atoms with E-state index in [1.807, 2.05) is 75.1 Å². The van der Waals surface area contributed by atoms with Gasteiger partial charge in [-0.25, -0.2) is 15.0 Å². The highest BCUT2D eigenvalue weighted by Gasteiger charge is 2.27. The summed E-state index contributed by atoms with van der Waals surface area (Å²) < 4.78 is 37.8. The summed E-state index contributed by atoms with van der Waals surface area (Å²) in [5, 5.41) is 30.2. The summed E-state index contributed by atoms with van der Waals surface area (Å²) in [7, 11) is 20.9. The number of Topliss-reactive ketones (excluding diaryl/α,β-unsaturated/α-hetero) is 7. The number of nitrogens with one attached hydrogen (secondary N) is 8. The minimum Gasteiger partial charge on any atom is -0.481 e. The number of carboxylic acids is 1. The van der Waals surface area contributed by atoms with E-state index in [0.29, 0.717) is 97.5 Å². The SMILES string of the molecule is CN(C)CCCCC(=O)c1cc(CC(=O)c2cc(CCc3nc(CC(=O)CCCC(=O)c4cc(CC(=O)c5cc(CC(=O)CCCNC(=O)c6cc(NC(=O)c7nc(NC(=O)CCNC(=O)c8cc(NC(=O)c9cc(NC(=O)c%10nc(NC(=O)COCCOCCCC(=O)COCCOCCNC(=O)CCCCC(=O)O)cn%10C)cn9C)cn8C)cn7C)cn6C)cn5C)cn4C)cn3C)cn2C)cn1C. The molecular formula is C98H128N22O21.